The second kappa shape index (κ2) is 5.94. The Morgan fingerprint density at radius 1 is 1.00 bits per heavy atom. The molecule has 4 nitrogen and oxygen atoms in total. The molecule has 0 radical (unpaired) electrons. The SMILES string of the molecule is Cc1cc(C)c(C(=O)O[PH](O)(O)c2ccccc2)c(C)c1. The second-order valence-corrected chi connectivity index (χ2v) is 7.14. The Morgan fingerprint density at radius 3 is 2.05 bits per heavy atom. The summed E-state index contributed by atoms with van der Waals surface area (Å²) in [6.07, 6.45) is 0. The van der Waals surface area contributed by atoms with E-state index in [1.54, 1.807) is 32.0 Å². The summed E-state index contributed by atoms with van der Waals surface area (Å²) in [6, 6.07) is 11.9. The molecule has 0 saturated heterocycles. The van der Waals surface area contributed by atoms with E-state index in [1.807, 2.05) is 19.1 Å². The summed E-state index contributed by atoms with van der Waals surface area (Å²) in [7, 11) is -4.23. The van der Waals surface area contributed by atoms with Crippen molar-refractivity contribution in [2.75, 3.05) is 0 Å². The number of carbonyl (C=O) groups excluding carboxylic acids is 1. The van der Waals surface area contributed by atoms with Gasteiger partial charge < -0.3 is 0 Å². The summed E-state index contributed by atoms with van der Waals surface area (Å²) in [5, 5.41) is 0.237. The molecule has 0 aromatic heterocycles. The summed E-state index contributed by atoms with van der Waals surface area (Å²) in [6.45, 7) is 5.55. The van der Waals surface area contributed by atoms with E-state index >= 15 is 0 Å². The Balaban J connectivity index is 2.30. The first-order valence-corrected chi connectivity index (χ1v) is 8.43. The van der Waals surface area contributed by atoms with Gasteiger partial charge in [-0.1, -0.05) is 0 Å². The zero-order valence-electron chi connectivity index (χ0n) is 12.3. The summed E-state index contributed by atoms with van der Waals surface area (Å²) in [5.74, 6) is -0.703. The third kappa shape index (κ3) is 3.48. The Bertz CT molecular complexity index is 642. The van der Waals surface area contributed by atoms with Gasteiger partial charge in [-0.3, -0.25) is 0 Å². The Hall–Kier alpha value is -1.74. The van der Waals surface area contributed by atoms with Crippen LogP contribution in [0.4, 0.5) is 0 Å². The molecule has 0 bridgehead atoms. The molecule has 0 fully saturated rings. The van der Waals surface area contributed by atoms with Crippen molar-refractivity contribution in [2.24, 2.45) is 0 Å². The Morgan fingerprint density at radius 2 is 1.52 bits per heavy atom. The molecule has 5 heteroatoms. The van der Waals surface area contributed by atoms with E-state index in [-0.39, 0.29) is 5.30 Å². The average Bonchev–Trinajstić information content (AvgIpc) is 2.37. The van der Waals surface area contributed by atoms with Gasteiger partial charge in [-0.05, 0) is 0 Å². The molecular formula is C16H19O4P. The van der Waals surface area contributed by atoms with Crippen LogP contribution in [0.3, 0.4) is 0 Å². The van der Waals surface area contributed by atoms with Crippen LogP contribution in [0.15, 0.2) is 42.5 Å². The van der Waals surface area contributed by atoms with E-state index < -0.39 is 13.9 Å². The quantitative estimate of drug-likeness (QED) is 0.855. The van der Waals surface area contributed by atoms with Crippen LogP contribution in [0.25, 0.3) is 0 Å². The predicted molar refractivity (Wildman–Crippen MR) is 84.9 cm³/mol. The Kier molecular flexibility index (Phi) is 4.43. The Labute approximate surface area is 124 Å². The molecule has 2 aromatic carbocycles. The van der Waals surface area contributed by atoms with Gasteiger partial charge in [-0.2, -0.15) is 0 Å². The summed E-state index contributed by atoms with van der Waals surface area (Å²) >= 11 is 0. The molecule has 2 aromatic rings. The monoisotopic (exact) mass is 306 g/mol. The maximum atomic E-state index is 12.3. The number of hydrogen-bond donors (Lipinski definition) is 2. The predicted octanol–water partition coefficient (Wildman–Crippen LogP) is 2.57. The van der Waals surface area contributed by atoms with Crippen LogP contribution >= 0.6 is 7.94 Å². The fourth-order valence-electron chi connectivity index (χ4n) is 2.40. The van der Waals surface area contributed by atoms with Crippen molar-refractivity contribution < 1.29 is 19.1 Å². The number of hydrogen-bond acceptors (Lipinski definition) is 4. The van der Waals surface area contributed by atoms with Crippen molar-refractivity contribution in [3.63, 3.8) is 0 Å². The fourth-order valence-corrected chi connectivity index (χ4v) is 3.50. The van der Waals surface area contributed by atoms with E-state index in [9.17, 15) is 14.6 Å². The van der Waals surface area contributed by atoms with Crippen LogP contribution in [0.1, 0.15) is 27.0 Å². The van der Waals surface area contributed by atoms with Gasteiger partial charge in [-0.15, -0.1) is 0 Å². The van der Waals surface area contributed by atoms with Gasteiger partial charge in [0.05, 0.1) is 0 Å². The molecule has 0 saturated carbocycles. The zero-order valence-corrected chi connectivity index (χ0v) is 13.3. The zero-order chi connectivity index (χ0) is 15.6. The molecular weight excluding hydrogens is 287 g/mol. The molecule has 2 N–H and O–H groups in total. The molecule has 0 amide bonds. The van der Waals surface area contributed by atoms with Crippen LogP contribution in [0.2, 0.25) is 0 Å². The van der Waals surface area contributed by atoms with Crippen molar-refractivity contribution in [1.29, 1.82) is 0 Å². The first-order chi connectivity index (χ1) is 9.81. The van der Waals surface area contributed by atoms with E-state index in [4.69, 9.17) is 4.52 Å². The molecule has 112 valence electrons. The van der Waals surface area contributed by atoms with Gasteiger partial charge in [0, 0.05) is 0 Å². The third-order valence-electron chi connectivity index (χ3n) is 3.27. The number of benzene rings is 2. The minimum atomic E-state index is -4.23. The van der Waals surface area contributed by atoms with E-state index in [0.717, 1.165) is 16.7 Å². The first kappa shape index (κ1) is 15.6. The van der Waals surface area contributed by atoms with Crippen molar-refractivity contribution in [1.82, 2.24) is 0 Å². The average molecular weight is 306 g/mol. The van der Waals surface area contributed by atoms with Crippen molar-refractivity contribution in [3.8, 4) is 0 Å². The van der Waals surface area contributed by atoms with Crippen molar-refractivity contribution >= 4 is 19.2 Å². The number of carbonyl (C=O) groups is 1. The van der Waals surface area contributed by atoms with E-state index in [1.165, 1.54) is 12.1 Å². The van der Waals surface area contributed by atoms with E-state index in [2.05, 4.69) is 0 Å². The standard InChI is InChI=1S/C16H19O4P/c1-11-9-12(2)15(13(3)10-11)16(17)20-21(18,19)14-7-5-4-6-8-14/h4-10,18-19,21H,1-3H3. The van der Waals surface area contributed by atoms with Gasteiger partial charge >= 0.3 is 124 Å². The van der Waals surface area contributed by atoms with Crippen LogP contribution < -0.4 is 5.30 Å². The van der Waals surface area contributed by atoms with Crippen molar-refractivity contribution in [3.05, 3.63) is 64.7 Å². The van der Waals surface area contributed by atoms with Crippen LogP contribution in [-0.4, -0.2) is 15.8 Å². The second-order valence-electron chi connectivity index (χ2n) is 5.14. The molecule has 0 aliphatic carbocycles. The molecule has 0 atom stereocenters. The molecule has 21 heavy (non-hydrogen) atoms. The van der Waals surface area contributed by atoms with Gasteiger partial charge in [-0.25, -0.2) is 0 Å². The fraction of sp³-hybridized carbons (Fsp3) is 0.188. The molecule has 0 spiro atoms. The summed E-state index contributed by atoms with van der Waals surface area (Å²) in [4.78, 5) is 32.5. The molecule has 0 heterocycles. The number of aryl methyl sites for hydroxylation is 3. The van der Waals surface area contributed by atoms with Gasteiger partial charge in [0.2, 0.25) is 0 Å². The third-order valence-corrected chi connectivity index (χ3v) is 4.82. The maximum absolute atomic E-state index is 12.3. The molecule has 0 unspecified atom stereocenters. The van der Waals surface area contributed by atoms with Crippen LogP contribution in [0, 0.1) is 20.8 Å². The molecule has 0 aliphatic heterocycles. The summed E-state index contributed by atoms with van der Waals surface area (Å²) < 4.78 is 5.02. The molecule has 0 aliphatic rings. The van der Waals surface area contributed by atoms with Crippen LogP contribution in [0.5, 0.6) is 0 Å². The molecule has 2 rings (SSSR count). The van der Waals surface area contributed by atoms with Crippen LogP contribution in [-0.2, 0) is 4.52 Å². The van der Waals surface area contributed by atoms with Crippen molar-refractivity contribution in [2.45, 2.75) is 20.8 Å². The first-order valence-electron chi connectivity index (χ1n) is 6.62. The number of rotatable bonds is 3. The van der Waals surface area contributed by atoms with Gasteiger partial charge in [0.25, 0.3) is 0 Å². The minimum absolute atomic E-state index is 0.237. The topological polar surface area (TPSA) is 66.8 Å². The van der Waals surface area contributed by atoms with Gasteiger partial charge in [0.1, 0.15) is 0 Å². The van der Waals surface area contributed by atoms with Gasteiger partial charge in [0.15, 0.2) is 0 Å². The van der Waals surface area contributed by atoms with E-state index in [0.29, 0.717) is 5.56 Å². The normalized spacial score (nSPS) is 12.0. The summed E-state index contributed by atoms with van der Waals surface area (Å²) in [5.41, 5.74) is 2.95.